The number of carboxylic acids is 1. The molecule has 0 spiro atoms. The Kier molecular flexibility index (Phi) is 4.81. The lowest BCUT2D eigenvalue weighted by Crippen LogP contribution is -2.44. The standard InChI is InChI=1S/C18H21NO3/c1-18(2,10-9-17(21)22)19-16(20)12-13-7-8-14-5-3-4-6-15(14)11-13/h3-8,11H,9-10,12H2,1-2H3,(H,19,20)(H,21,22). The van der Waals surface area contributed by atoms with Gasteiger partial charge in [0, 0.05) is 12.0 Å². The van der Waals surface area contributed by atoms with Crippen LogP contribution in [0.2, 0.25) is 0 Å². The van der Waals surface area contributed by atoms with Gasteiger partial charge in [-0.25, -0.2) is 0 Å². The first-order chi connectivity index (χ1) is 10.4. The summed E-state index contributed by atoms with van der Waals surface area (Å²) < 4.78 is 0. The number of carbonyl (C=O) groups excluding carboxylic acids is 1. The fraction of sp³-hybridized carbons (Fsp3) is 0.333. The summed E-state index contributed by atoms with van der Waals surface area (Å²) >= 11 is 0. The minimum atomic E-state index is -0.850. The van der Waals surface area contributed by atoms with Crippen molar-refractivity contribution in [1.82, 2.24) is 5.32 Å². The molecular weight excluding hydrogens is 278 g/mol. The zero-order valence-electron chi connectivity index (χ0n) is 12.9. The molecule has 0 fully saturated rings. The van der Waals surface area contributed by atoms with Gasteiger partial charge in [-0.1, -0.05) is 42.5 Å². The predicted molar refractivity (Wildman–Crippen MR) is 86.7 cm³/mol. The lowest BCUT2D eigenvalue weighted by atomic mass is 9.97. The number of fused-ring (bicyclic) bond motifs is 1. The molecule has 0 aliphatic rings. The van der Waals surface area contributed by atoms with Crippen LogP contribution >= 0.6 is 0 Å². The molecule has 0 atom stereocenters. The van der Waals surface area contributed by atoms with Gasteiger partial charge in [0.15, 0.2) is 0 Å². The molecule has 1 amide bonds. The lowest BCUT2D eigenvalue weighted by molar-refractivity contribution is -0.137. The van der Waals surface area contributed by atoms with E-state index in [-0.39, 0.29) is 12.3 Å². The van der Waals surface area contributed by atoms with Crippen LogP contribution in [-0.4, -0.2) is 22.5 Å². The average molecular weight is 299 g/mol. The molecule has 0 aromatic heterocycles. The highest BCUT2D eigenvalue weighted by Crippen LogP contribution is 2.17. The maximum absolute atomic E-state index is 12.2. The van der Waals surface area contributed by atoms with Crippen molar-refractivity contribution in [2.75, 3.05) is 0 Å². The third kappa shape index (κ3) is 4.58. The van der Waals surface area contributed by atoms with Crippen LogP contribution in [0.3, 0.4) is 0 Å². The van der Waals surface area contributed by atoms with Gasteiger partial charge in [-0.15, -0.1) is 0 Å². The Hall–Kier alpha value is -2.36. The largest absolute Gasteiger partial charge is 0.481 e. The first-order valence-electron chi connectivity index (χ1n) is 7.36. The number of carboxylic acid groups (broad SMARTS) is 1. The van der Waals surface area contributed by atoms with E-state index in [9.17, 15) is 9.59 Å². The zero-order chi connectivity index (χ0) is 16.2. The van der Waals surface area contributed by atoms with Crippen LogP contribution < -0.4 is 5.32 Å². The molecule has 0 unspecified atom stereocenters. The quantitative estimate of drug-likeness (QED) is 0.861. The number of hydrogen-bond donors (Lipinski definition) is 2. The van der Waals surface area contributed by atoms with E-state index in [1.807, 2.05) is 56.3 Å². The molecule has 2 rings (SSSR count). The monoisotopic (exact) mass is 299 g/mol. The summed E-state index contributed by atoms with van der Waals surface area (Å²) in [6.07, 6.45) is 0.746. The summed E-state index contributed by atoms with van der Waals surface area (Å²) in [7, 11) is 0. The van der Waals surface area contributed by atoms with Gasteiger partial charge in [-0.05, 0) is 36.6 Å². The van der Waals surface area contributed by atoms with E-state index in [2.05, 4.69) is 5.32 Å². The topological polar surface area (TPSA) is 66.4 Å². The molecule has 0 aliphatic carbocycles. The van der Waals surface area contributed by atoms with Crippen molar-refractivity contribution in [3.63, 3.8) is 0 Å². The summed E-state index contributed by atoms with van der Waals surface area (Å²) in [4.78, 5) is 22.8. The number of nitrogens with one attached hydrogen (secondary N) is 1. The molecule has 0 saturated heterocycles. The molecule has 22 heavy (non-hydrogen) atoms. The molecule has 0 radical (unpaired) electrons. The Morgan fingerprint density at radius 3 is 2.45 bits per heavy atom. The third-order valence-corrected chi connectivity index (χ3v) is 3.62. The van der Waals surface area contributed by atoms with Crippen molar-refractivity contribution in [1.29, 1.82) is 0 Å². The van der Waals surface area contributed by atoms with Crippen LogP contribution in [0.15, 0.2) is 42.5 Å². The van der Waals surface area contributed by atoms with Crippen LogP contribution in [0.1, 0.15) is 32.3 Å². The number of hydrogen-bond acceptors (Lipinski definition) is 2. The van der Waals surface area contributed by atoms with Crippen LogP contribution in [0.4, 0.5) is 0 Å². The molecule has 0 saturated carbocycles. The van der Waals surface area contributed by atoms with Crippen molar-refractivity contribution in [3.05, 3.63) is 48.0 Å². The van der Waals surface area contributed by atoms with E-state index in [0.29, 0.717) is 12.8 Å². The van der Waals surface area contributed by atoms with Crippen LogP contribution in [0.25, 0.3) is 10.8 Å². The fourth-order valence-electron chi connectivity index (χ4n) is 2.44. The van der Waals surface area contributed by atoms with Crippen LogP contribution in [0.5, 0.6) is 0 Å². The SMILES string of the molecule is CC(C)(CCC(=O)O)NC(=O)Cc1ccc2ccccc2c1. The van der Waals surface area contributed by atoms with Gasteiger partial charge in [0.25, 0.3) is 0 Å². The average Bonchev–Trinajstić information content (AvgIpc) is 2.44. The maximum atomic E-state index is 12.2. The minimum absolute atomic E-state index is 0.0449. The highest BCUT2D eigenvalue weighted by Gasteiger charge is 2.21. The van der Waals surface area contributed by atoms with Gasteiger partial charge >= 0.3 is 5.97 Å². The van der Waals surface area contributed by atoms with E-state index < -0.39 is 11.5 Å². The van der Waals surface area contributed by atoms with Gasteiger partial charge < -0.3 is 10.4 Å². The fourth-order valence-corrected chi connectivity index (χ4v) is 2.44. The zero-order valence-corrected chi connectivity index (χ0v) is 12.9. The Balaban J connectivity index is 1.99. The molecule has 2 aromatic carbocycles. The minimum Gasteiger partial charge on any atom is -0.481 e. The molecule has 2 N–H and O–H groups in total. The molecule has 0 heterocycles. The Morgan fingerprint density at radius 1 is 1.09 bits per heavy atom. The van der Waals surface area contributed by atoms with E-state index >= 15 is 0 Å². The molecule has 4 heteroatoms. The number of rotatable bonds is 6. The Labute approximate surface area is 130 Å². The van der Waals surface area contributed by atoms with E-state index in [1.165, 1.54) is 0 Å². The number of aliphatic carboxylic acids is 1. The summed E-state index contributed by atoms with van der Waals surface area (Å²) in [5, 5.41) is 13.9. The number of benzene rings is 2. The highest BCUT2D eigenvalue weighted by molar-refractivity contribution is 5.85. The smallest absolute Gasteiger partial charge is 0.303 e. The number of carbonyl (C=O) groups is 2. The van der Waals surface area contributed by atoms with Gasteiger partial charge in [0.1, 0.15) is 0 Å². The van der Waals surface area contributed by atoms with Crippen molar-refractivity contribution in [2.24, 2.45) is 0 Å². The lowest BCUT2D eigenvalue weighted by Gasteiger charge is -2.25. The maximum Gasteiger partial charge on any atom is 0.303 e. The van der Waals surface area contributed by atoms with Crippen molar-refractivity contribution < 1.29 is 14.7 Å². The highest BCUT2D eigenvalue weighted by atomic mass is 16.4. The third-order valence-electron chi connectivity index (χ3n) is 3.62. The second-order valence-corrected chi connectivity index (χ2v) is 6.18. The van der Waals surface area contributed by atoms with E-state index in [4.69, 9.17) is 5.11 Å². The molecular formula is C18H21NO3. The molecule has 0 bridgehead atoms. The molecule has 0 aliphatic heterocycles. The second kappa shape index (κ2) is 6.60. The first-order valence-corrected chi connectivity index (χ1v) is 7.36. The van der Waals surface area contributed by atoms with Crippen molar-refractivity contribution in [2.45, 2.75) is 38.6 Å². The summed E-state index contributed by atoms with van der Waals surface area (Å²) in [6, 6.07) is 14.0. The van der Waals surface area contributed by atoms with Gasteiger partial charge in [0.05, 0.1) is 6.42 Å². The molecule has 116 valence electrons. The van der Waals surface area contributed by atoms with Gasteiger partial charge in [-0.2, -0.15) is 0 Å². The Bertz CT molecular complexity index is 692. The van der Waals surface area contributed by atoms with E-state index in [1.54, 1.807) is 0 Å². The van der Waals surface area contributed by atoms with Gasteiger partial charge in [-0.3, -0.25) is 9.59 Å². The second-order valence-electron chi connectivity index (χ2n) is 6.18. The van der Waals surface area contributed by atoms with E-state index in [0.717, 1.165) is 16.3 Å². The van der Waals surface area contributed by atoms with Crippen LogP contribution in [-0.2, 0) is 16.0 Å². The molecule has 2 aromatic rings. The Morgan fingerprint density at radius 2 is 1.77 bits per heavy atom. The van der Waals surface area contributed by atoms with Crippen molar-refractivity contribution in [3.8, 4) is 0 Å². The first kappa shape index (κ1) is 16.0. The van der Waals surface area contributed by atoms with Gasteiger partial charge in [0.2, 0.25) is 5.91 Å². The van der Waals surface area contributed by atoms with Crippen LogP contribution in [0, 0.1) is 0 Å². The number of amides is 1. The normalized spacial score (nSPS) is 11.4. The summed E-state index contributed by atoms with van der Waals surface area (Å²) in [5.74, 6) is -0.942. The summed E-state index contributed by atoms with van der Waals surface area (Å²) in [6.45, 7) is 3.68. The summed E-state index contributed by atoms with van der Waals surface area (Å²) in [5.41, 5.74) is 0.428. The molecule has 4 nitrogen and oxygen atoms in total. The van der Waals surface area contributed by atoms with Crippen molar-refractivity contribution >= 4 is 22.6 Å². The predicted octanol–water partition coefficient (Wildman–Crippen LogP) is 3.14.